The van der Waals surface area contributed by atoms with Crippen molar-refractivity contribution in [1.29, 1.82) is 0 Å². The second-order valence-electron chi connectivity index (χ2n) is 2.96. The van der Waals surface area contributed by atoms with Gasteiger partial charge in [-0.2, -0.15) is 0 Å². The molecule has 0 aliphatic heterocycles. The Labute approximate surface area is 82.9 Å². The molecule has 0 unspecified atom stereocenters. The summed E-state index contributed by atoms with van der Waals surface area (Å²) < 4.78 is 5.16. The molecule has 0 saturated heterocycles. The molecular weight excluding hydrogens is 174 g/mol. The first-order valence-electron chi connectivity index (χ1n) is 4.52. The lowest BCUT2D eigenvalue weighted by atomic mass is 10.2. The average Bonchev–Trinajstić information content (AvgIpc) is 2.72. The van der Waals surface area contributed by atoms with Gasteiger partial charge in [-0.05, 0) is 17.7 Å². The fraction of sp³-hybridized carbons (Fsp3) is 0.0833. The van der Waals surface area contributed by atoms with Crippen LogP contribution < -0.4 is 0 Å². The van der Waals surface area contributed by atoms with Crippen molar-refractivity contribution in [1.82, 2.24) is 0 Å². The standard InChI is InChI=1S/C12H11NO/c1-2-5-11(6-3-1)9-13-10-12-7-4-8-14-12/h1-9H,10H2. The summed E-state index contributed by atoms with van der Waals surface area (Å²) >= 11 is 0. The predicted octanol–water partition coefficient (Wildman–Crippen LogP) is 2.90. The Morgan fingerprint density at radius 2 is 1.93 bits per heavy atom. The summed E-state index contributed by atoms with van der Waals surface area (Å²) in [6, 6.07) is 13.8. The molecule has 0 radical (unpaired) electrons. The molecule has 1 aromatic carbocycles. The molecule has 0 amide bonds. The van der Waals surface area contributed by atoms with E-state index in [1.165, 1.54) is 0 Å². The van der Waals surface area contributed by atoms with Crippen LogP contribution in [0.15, 0.2) is 58.1 Å². The number of rotatable bonds is 3. The Kier molecular flexibility index (Phi) is 2.76. The molecule has 2 aromatic rings. The third-order valence-electron chi connectivity index (χ3n) is 1.87. The van der Waals surface area contributed by atoms with Crippen LogP contribution in [0, 0.1) is 0 Å². The second-order valence-corrected chi connectivity index (χ2v) is 2.96. The first-order chi connectivity index (χ1) is 6.95. The largest absolute Gasteiger partial charge is 0.467 e. The topological polar surface area (TPSA) is 25.5 Å². The van der Waals surface area contributed by atoms with Gasteiger partial charge in [-0.15, -0.1) is 0 Å². The SMILES string of the molecule is C(=NCc1ccco1)c1ccccc1. The highest BCUT2D eigenvalue weighted by molar-refractivity contribution is 5.79. The number of hydrogen-bond donors (Lipinski definition) is 0. The van der Waals surface area contributed by atoms with E-state index in [1.54, 1.807) is 6.26 Å². The van der Waals surface area contributed by atoms with Crippen LogP contribution in [0.25, 0.3) is 0 Å². The van der Waals surface area contributed by atoms with Crippen molar-refractivity contribution in [2.75, 3.05) is 0 Å². The van der Waals surface area contributed by atoms with Crippen molar-refractivity contribution in [2.45, 2.75) is 6.54 Å². The average molecular weight is 185 g/mol. The van der Waals surface area contributed by atoms with Gasteiger partial charge in [0.2, 0.25) is 0 Å². The summed E-state index contributed by atoms with van der Waals surface area (Å²) in [7, 11) is 0. The molecular formula is C12H11NO. The van der Waals surface area contributed by atoms with E-state index in [0.29, 0.717) is 6.54 Å². The van der Waals surface area contributed by atoms with Crippen molar-refractivity contribution in [2.24, 2.45) is 4.99 Å². The number of benzene rings is 1. The number of furan rings is 1. The maximum atomic E-state index is 5.16. The van der Waals surface area contributed by atoms with Gasteiger partial charge in [0, 0.05) is 6.21 Å². The Bertz CT molecular complexity index is 390. The van der Waals surface area contributed by atoms with Crippen molar-refractivity contribution >= 4 is 6.21 Å². The minimum Gasteiger partial charge on any atom is -0.467 e. The lowest BCUT2D eigenvalue weighted by molar-refractivity contribution is 0.513. The van der Waals surface area contributed by atoms with Crippen molar-refractivity contribution in [3.8, 4) is 0 Å². The van der Waals surface area contributed by atoms with Crippen LogP contribution in [0.3, 0.4) is 0 Å². The minimum absolute atomic E-state index is 0.599. The molecule has 2 heteroatoms. The van der Waals surface area contributed by atoms with Gasteiger partial charge in [0.25, 0.3) is 0 Å². The Balaban J connectivity index is 1.96. The highest BCUT2D eigenvalue weighted by atomic mass is 16.3. The lowest BCUT2D eigenvalue weighted by Gasteiger charge is -1.90. The molecule has 14 heavy (non-hydrogen) atoms. The zero-order chi connectivity index (χ0) is 9.64. The maximum Gasteiger partial charge on any atom is 0.125 e. The monoisotopic (exact) mass is 185 g/mol. The Hall–Kier alpha value is -1.83. The summed E-state index contributed by atoms with van der Waals surface area (Å²) in [4.78, 5) is 4.27. The van der Waals surface area contributed by atoms with E-state index < -0.39 is 0 Å². The van der Waals surface area contributed by atoms with E-state index in [9.17, 15) is 0 Å². The van der Waals surface area contributed by atoms with E-state index in [2.05, 4.69) is 4.99 Å². The molecule has 0 N–H and O–H groups in total. The van der Waals surface area contributed by atoms with E-state index in [1.807, 2.05) is 48.7 Å². The van der Waals surface area contributed by atoms with Gasteiger partial charge >= 0.3 is 0 Å². The van der Waals surface area contributed by atoms with Gasteiger partial charge in [0.1, 0.15) is 5.76 Å². The highest BCUT2D eigenvalue weighted by Crippen LogP contribution is 2.01. The van der Waals surface area contributed by atoms with Gasteiger partial charge in [-0.25, -0.2) is 0 Å². The molecule has 70 valence electrons. The number of hydrogen-bond acceptors (Lipinski definition) is 2. The summed E-state index contributed by atoms with van der Waals surface area (Å²) in [5, 5.41) is 0. The molecule has 0 aliphatic rings. The summed E-state index contributed by atoms with van der Waals surface area (Å²) in [6.45, 7) is 0.599. The van der Waals surface area contributed by atoms with Crippen LogP contribution in [0.1, 0.15) is 11.3 Å². The predicted molar refractivity (Wildman–Crippen MR) is 56.4 cm³/mol. The van der Waals surface area contributed by atoms with E-state index in [4.69, 9.17) is 4.42 Å². The van der Waals surface area contributed by atoms with E-state index in [0.717, 1.165) is 11.3 Å². The fourth-order valence-corrected chi connectivity index (χ4v) is 1.18. The zero-order valence-corrected chi connectivity index (χ0v) is 7.76. The summed E-state index contributed by atoms with van der Waals surface area (Å²) in [6.07, 6.45) is 3.51. The second kappa shape index (κ2) is 4.42. The van der Waals surface area contributed by atoms with Gasteiger partial charge in [-0.1, -0.05) is 30.3 Å². The first kappa shape index (κ1) is 8.75. The number of aliphatic imine (C=N–C) groups is 1. The molecule has 0 atom stereocenters. The molecule has 0 spiro atoms. The molecule has 0 saturated carbocycles. The van der Waals surface area contributed by atoms with Crippen LogP contribution >= 0.6 is 0 Å². The molecule has 2 rings (SSSR count). The van der Waals surface area contributed by atoms with Gasteiger partial charge < -0.3 is 4.42 Å². The molecule has 2 nitrogen and oxygen atoms in total. The smallest absolute Gasteiger partial charge is 0.125 e. The van der Waals surface area contributed by atoms with Crippen LogP contribution in [-0.4, -0.2) is 6.21 Å². The molecule has 0 aliphatic carbocycles. The van der Waals surface area contributed by atoms with Crippen molar-refractivity contribution < 1.29 is 4.42 Å². The van der Waals surface area contributed by atoms with Crippen molar-refractivity contribution in [3.05, 3.63) is 60.1 Å². The van der Waals surface area contributed by atoms with Gasteiger partial charge in [0.15, 0.2) is 0 Å². The third-order valence-corrected chi connectivity index (χ3v) is 1.87. The Morgan fingerprint density at radius 1 is 1.07 bits per heavy atom. The highest BCUT2D eigenvalue weighted by Gasteiger charge is 1.90. The van der Waals surface area contributed by atoms with Crippen LogP contribution in [0.2, 0.25) is 0 Å². The minimum atomic E-state index is 0.599. The van der Waals surface area contributed by atoms with E-state index in [-0.39, 0.29) is 0 Å². The van der Waals surface area contributed by atoms with Gasteiger partial charge in [0.05, 0.1) is 12.8 Å². The van der Waals surface area contributed by atoms with Crippen molar-refractivity contribution in [3.63, 3.8) is 0 Å². The molecule has 0 bridgehead atoms. The van der Waals surface area contributed by atoms with Crippen LogP contribution in [0.5, 0.6) is 0 Å². The first-order valence-corrected chi connectivity index (χ1v) is 4.52. The lowest BCUT2D eigenvalue weighted by Crippen LogP contribution is -1.81. The normalized spacial score (nSPS) is 10.9. The summed E-state index contributed by atoms with van der Waals surface area (Å²) in [5.74, 6) is 0.886. The fourth-order valence-electron chi connectivity index (χ4n) is 1.18. The maximum absolute atomic E-state index is 5.16. The third kappa shape index (κ3) is 2.33. The molecule has 1 aromatic heterocycles. The quantitative estimate of drug-likeness (QED) is 0.675. The zero-order valence-electron chi connectivity index (χ0n) is 7.76. The Morgan fingerprint density at radius 3 is 2.64 bits per heavy atom. The van der Waals surface area contributed by atoms with E-state index >= 15 is 0 Å². The van der Waals surface area contributed by atoms with Crippen LogP contribution in [-0.2, 0) is 6.54 Å². The molecule has 1 heterocycles. The van der Waals surface area contributed by atoms with Gasteiger partial charge in [-0.3, -0.25) is 4.99 Å². The van der Waals surface area contributed by atoms with Crippen LogP contribution in [0.4, 0.5) is 0 Å². The molecule has 0 fully saturated rings. The number of nitrogens with zero attached hydrogens (tertiary/aromatic N) is 1. The summed E-state index contributed by atoms with van der Waals surface area (Å²) in [5.41, 5.74) is 1.11.